The summed E-state index contributed by atoms with van der Waals surface area (Å²) in [5.41, 5.74) is 2.42. The Morgan fingerprint density at radius 1 is 1.10 bits per heavy atom. The fourth-order valence-electron chi connectivity index (χ4n) is 2.29. The number of anilines is 1. The molecule has 2 aromatic carbocycles. The highest BCUT2D eigenvalue weighted by Crippen LogP contribution is 2.25. The highest BCUT2D eigenvalue weighted by atomic mass is 16.6. The second-order valence-electron chi connectivity index (χ2n) is 4.95. The van der Waals surface area contributed by atoms with E-state index in [4.69, 9.17) is 4.74 Å². The molecule has 2 aromatic rings. The second kappa shape index (κ2) is 5.79. The molecule has 0 saturated heterocycles. The topological polar surface area (TPSA) is 41.9 Å². The molecule has 106 valence electrons. The van der Waals surface area contributed by atoms with Crippen LogP contribution >= 0.6 is 0 Å². The van der Waals surface area contributed by atoms with Gasteiger partial charge in [0.2, 0.25) is 6.23 Å². The summed E-state index contributed by atoms with van der Waals surface area (Å²) in [6.45, 7) is 1.94. The molecule has 1 heterocycles. The molecule has 1 aliphatic rings. The minimum Gasteiger partial charge on any atom is -0.436 e. The Hall–Kier alpha value is -2.62. The molecule has 4 nitrogen and oxygen atoms in total. The maximum atomic E-state index is 12.2. The molecule has 0 N–H and O–H groups in total. The summed E-state index contributed by atoms with van der Waals surface area (Å²) in [6.07, 6.45) is 0.230. The van der Waals surface area contributed by atoms with Crippen molar-refractivity contribution >= 4 is 17.4 Å². The molecule has 0 unspecified atom stereocenters. The average Bonchev–Trinajstić information content (AvgIpc) is 2.89. The van der Waals surface area contributed by atoms with Crippen molar-refractivity contribution in [1.29, 1.82) is 0 Å². The Labute approximate surface area is 123 Å². The largest absolute Gasteiger partial charge is 0.436 e. The van der Waals surface area contributed by atoms with Crippen LogP contribution in [0.1, 0.15) is 23.7 Å². The molecule has 0 aromatic heterocycles. The maximum Gasteiger partial charge on any atom is 0.340 e. The maximum absolute atomic E-state index is 12.2. The molecule has 0 radical (unpaired) electrons. The van der Waals surface area contributed by atoms with Crippen LogP contribution in [0, 0.1) is 0 Å². The van der Waals surface area contributed by atoms with Gasteiger partial charge in [0.1, 0.15) is 0 Å². The van der Waals surface area contributed by atoms with Crippen molar-refractivity contribution in [2.45, 2.75) is 19.6 Å². The van der Waals surface area contributed by atoms with Gasteiger partial charge >= 0.3 is 5.97 Å². The number of hydrazone groups is 1. The third kappa shape index (κ3) is 2.94. The summed E-state index contributed by atoms with van der Waals surface area (Å²) in [5, 5.41) is 6.22. The number of carbonyl (C=O) groups excluding carboxylic acids is 1. The SMILES string of the molecule is CC1=NN(c2ccccc2)[C@H](OC(=O)c2ccccc2)C1. The third-order valence-electron chi connectivity index (χ3n) is 3.29. The van der Waals surface area contributed by atoms with E-state index in [1.807, 2.05) is 55.5 Å². The van der Waals surface area contributed by atoms with Gasteiger partial charge in [0.25, 0.3) is 0 Å². The summed E-state index contributed by atoms with van der Waals surface area (Å²) < 4.78 is 5.61. The van der Waals surface area contributed by atoms with Gasteiger partial charge in [-0.3, -0.25) is 0 Å². The van der Waals surface area contributed by atoms with Crippen LogP contribution in [0.2, 0.25) is 0 Å². The van der Waals surface area contributed by atoms with Gasteiger partial charge in [-0.25, -0.2) is 9.80 Å². The van der Waals surface area contributed by atoms with Gasteiger partial charge in [0.15, 0.2) is 0 Å². The Balaban J connectivity index is 1.77. The predicted molar refractivity (Wildman–Crippen MR) is 82.3 cm³/mol. The summed E-state index contributed by atoms with van der Waals surface area (Å²) in [7, 11) is 0. The molecule has 21 heavy (non-hydrogen) atoms. The molecule has 0 aliphatic carbocycles. The van der Waals surface area contributed by atoms with E-state index >= 15 is 0 Å². The monoisotopic (exact) mass is 280 g/mol. The van der Waals surface area contributed by atoms with Crippen molar-refractivity contribution < 1.29 is 9.53 Å². The van der Waals surface area contributed by atoms with Crippen molar-refractivity contribution in [3.05, 3.63) is 66.2 Å². The van der Waals surface area contributed by atoms with Crippen LogP contribution in [0.25, 0.3) is 0 Å². The lowest BCUT2D eigenvalue weighted by Crippen LogP contribution is -2.31. The van der Waals surface area contributed by atoms with Crippen molar-refractivity contribution in [2.75, 3.05) is 5.01 Å². The summed E-state index contributed by atoms with van der Waals surface area (Å²) in [4.78, 5) is 12.2. The van der Waals surface area contributed by atoms with Crippen LogP contribution < -0.4 is 5.01 Å². The first kappa shape index (κ1) is 13.4. The van der Waals surface area contributed by atoms with Crippen LogP contribution in [-0.2, 0) is 4.74 Å². The zero-order valence-corrected chi connectivity index (χ0v) is 11.8. The highest BCUT2D eigenvalue weighted by molar-refractivity contribution is 5.91. The Morgan fingerprint density at radius 3 is 2.38 bits per heavy atom. The zero-order chi connectivity index (χ0) is 14.7. The van der Waals surface area contributed by atoms with Crippen molar-refractivity contribution in [1.82, 2.24) is 0 Å². The first-order valence-electron chi connectivity index (χ1n) is 6.88. The first-order chi connectivity index (χ1) is 10.2. The average molecular weight is 280 g/mol. The molecule has 0 bridgehead atoms. The van der Waals surface area contributed by atoms with E-state index in [1.165, 1.54) is 0 Å². The van der Waals surface area contributed by atoms with Gasteiger partial charge in [0, 0.05) is 12.1 Å². The predicted octanol–water partition coefficient (Wildman–Crippen LogP) is 3.46. The standard InChI is InChI=1S/C17H16N2O2/c1-13-12-16(19(18-13)15-10-6-3-7-11-15)21-17(20)14-8-4-2-5-9-14/h2-11,16H,12H2,1H3/t16-/m1/s1. The van der Waals surface area contributed by atoms with Gasteiger partial charge in [-0.1, -0.05) is 36.4 Å². The fourth-order valence-corrected chi connectivity index (χ4v) is 2.29. The molecule has 0 fully saturated rings. The number of rotatable bonds is 3. The summed E-state index contributed by atoms with van der Waals surface area (Å²) in [6, 6.07) is 18.7. The number of carbonyl (C=O) groups is 1. The molecule has 1 atom stereocenters. The van der Waals surface area contributed by atoms with Gasteiger partial charge in [-0.05, 0) is 31.2 Å². The number of para-hydroxylation sites is 1. The normalized spacial score (nSPS) is 17.5. The minimum absolute atomic E-state index is 0.327. The molecule has 0 amide bonds. The second-order valence-corrected chi connectivity index (χ2v) is 4.95. The molecule has 4 heteroatoms. The lowest BCUT2D eigenvalue weighted by molar-refractivity contribution is 0.0327. The van der Waals surface area contributed by atoms with E-state index in [1.54, 1.807) is 17.1 Å². The molecule has 3 rings (SSSR count). The van der Waals surface area contributed by atoms with E-state index in [0.29, 0.717) is 12.0 Å². The lowest BCUT2D eigenvalue weighted by atomic mass is 10.2. The number of esters is 1. The Kier molecular flexibility index (Phi) is 3.69. The van der Waals surface area contributed by atoms with Crippen LogP contribution in [-0.4, -0.2) is 17.9 Å². The van der Waals surface area contributed by atoms with Gasteiger partial charge in [-0.2, -0.15) is 5.10 Å². The van der Waals surface area contributed by atoms with Crippen LogP contribution in [0.5, 0.6) is 0 Å². The molecular formula is C17H16N2O2. The van der Waals surface area contributed by atoms with Crippen molar-refractivity contribution in [3.8, 4) is 0 Å². The van der Waals surface area contributed by atoms with Crippen LogP contribution in [0.15, 0.2) is 65.8 Å². The van der Waals surface area contributed by atoms with Crippen molar-refractivity contribution in [3.63, 3.8) is 0 Å². The Bertz CT molecular complexity index is 653. The number of benzene rings is 2. The zero-order valence-electron chi connectivity index (χ0n) is 11.8. The van der Waals surface area contributed by atoms with Crippen LogP contribution in [0.3, 0.4) is 0 Å². The fraction of sp³-hybridized carbons (Fsp3) is 0.176. The number of hydrogen-bond acceptors (Lipinski definition) is 4. The van der Waals surface area contributed by atoms with E-state index in [2.05, 4.69) is 5.10 Å². The summed E-state index contributed by atoms with van der Waals surface area (Å²) >= 11 is 0. The number of ether oxygens (including phenoxy) is 1. The smallest absolute Gasteiger partial charge is 0.340 e. The van der Waals surface area contributed by atoms with Crippen LogP contribution in [0.4, 0.5) is 5.69 Å². The molecule has 0 saturated carbocycles. The number of hydrogen-bond donors (Lipinski definition) is 0. The summed E-state index contributed by atoms with van der Waals surface area (Å²) in [5.74, 6) is -0.327. The van der Waals surface area contributed by atoms with E-state index in [9.17, 15) is 4.79 Å². The lowest BCUT2D eigenvalue weighted by Gasteiger charge is -2.23. The molecule has 0 spiro atoms. The van der Waals surface area contributed by atoms with Gasteiger partial charge in [-0.15, -0.1) is 0 Å². The van der Waals surface area contributed by atoms with E-state index < -0.39 is 0 Å². The van der Waals surface area contributed by atoms with Gasteiger partial charge in [0.05, 0.1) is 11.3 Å². The highest BCUT2D eigenvalue weighted by Gasteiger charge is 2.29. The first-order valence-corrected chi connectivity index (χ1v) is 6.88. The van der Waals surface area contributed by atoms with E-state index in [0.717, 1.165) is 11.4 Å². The third-order valence-corrected chi connectivity index (χ3v) is 3.29. The quantitative estimate of drug-likeness (QED) is 0.809. The van der Waals surface area contributed by atoms with E-state index in [-0.39, 0.29) is 12.2 Å². The molecule has 1 aliphatic heterocycles. The Morgan fingerprint density at radius 2 is 1.71 bits per heavy atom. The van der Waals surface area contributed by atoms with Crippen molar-refractivity contribution in [2.24, 2.45) is 5.10 Å². The number of nitrogens with zero attached hydrogens (tertiary/aromatic N) is 2. The van der Waals surface area contributed by atoms with Gasteiger partial charge < -0.3 is 4.74 Å². The molecular weight excluding hydrogens is 264 g/mol. The minimum atomic E-state index is -0.389.